The largest absolute Gasteiger partial charge is 0.330 e. The van der Waals surface area contributed by atoms with Crippen molar-refractivity contribution >= 4 is 23.4 Å². The molecule has 0 atom stereocenters. The number of anilines is 1. The summed E-state index contributed by atoms with van der Waals surface area (Å²) in [4.78, 5) is 11.6. The van der Waals surface area contributed by atoms with Gasteiger partial charge in [-0.3, -0.25) is 4.79 Å². The number of aryl methyl sites for hydroxylation is 2. The van der Waals surface area contributed by atoms with E-state index in [1.54, 1.807) is 11.8 Å². The van der Waals surface area contributed by atoms with Crippen LogP contribution in [0.15, 0.2) is 18.2 Å². The summed E-state index contributed by atoms with van der Waals surface area (Å²) in [6.45, 7) is 4.79. The molecular weight excluding hydrogens is 232 g/mol. The Bertz CT molecular complexity index is 380. The third-order valence-electron chi connectivity index (χ3n) is 2.52. The Morgan fingerprint density at radius 3 is 2.76 bits per heavy atom. The third-order valence-corrected chi connectivity index (χ3v) is 3.56. The molecule has 0 aromatic heterocycles. The smallest absolute Gasteiger partial charge is 0.234 e. The van der Waals surface area contributed by atoms with E-state index in [9.17, 15) is 4.79 Å². The van der Waals surface area contributed by atoms with E-state index >= 15 is 0 Å². The molecule has 0 saturated heterocycles. The van der Waals surface area contributed by atoms with E-state index in [4.69, 9.17) is 5.73 Å². The first-order chi connectivity index (χ1) is 8.13. The summed E-state index contributed by atoms with van der Waals surface area (Å²) in [5.74, 6) is 1.49. The minimum Gasteiger partial charge on any atom is -0.330 e. The van der Waals surface area contributed by atoms with Crippen molar-refractivity contribution in [3.8, 4) is 0 Å². The molecule has 0 aliphatic rings. The van der Waals surface area contributed by atoms with Crippen LogP contribution in [-0.2, 0) is 4.79 Å². The highest BCUT2D eigenvalue weighted by Gasteiger charge is 2.03. The molecule has 0 bridgehead atoms. The molecule has 0 saturated carbocycles. The van der Waals surface area contributed by atoms with Crippen molar-refractivity contribution in [2.75, 3.05) is 23.4 Å². The second kappa shape index (κ2) is 7.35. The van der Waals surface area contributed by atoms with Gasteiger partial charge in [0.1, 0.15) is 0 Å². The number of benzene rings is 1. The molecule has 0 aliphatic carbocycles. The van der Waals surface area contributed by atoms with Crippen LogP contribution in [0.2, 0.25) is 0 Å². The topological polar surface area (TPSA) is 55.1 Å². The van der Waals surface area contributed by atoms with Gasteiger partial charge in [0, 0.05) is 5.69 Å². The van der Waals surface area contributed by atoms with Gasteiger partial charge in [0.05, 0.1) is 5.75 Å². The molecule has 1 amide bonds. The fourth-order valence-electron chi connectivity index (χ4n) is 1.37. The number of nitrogens with two attached hydrogens (primary N) is 1. The van der Waals surface area contributed by atoms with E-state index < -0.39 is 0 Å². The molecule has 94 valence electrons. The van der Waals surface area contributed by atoms with Crippen LogP contribution < -0.4 is 11.1 Å². The number of nitrogens with one attached hydrogen (secondary N) is 1. The van der Waals surface area contributed by atoms with Gasteiger partial charge in [-0.05, 0) is 55.8 Å². The summed E-state index contributed by atoms with van der Waals surface area (Å²) < 4.78 is 0. The monoisotopic (exact) mass is 252 g/mol. The van der Waals surface area contributed by atoms with Gasteiger partial charge in [-0.1, -0.05) is 6.07 Å². The van der Waals surface area contributed by atoms with E-state index in [-0.39, 0.29) is 5.91 Å². The maximum Gasteiger partial charge on any atom is 0.234 e. The molecule has 1 aromatic carbocycles. The van der Waals surface area contributed by atoms with E-state index in [1.165, 1.54) is 11.1 Å². The van der Waals surface area contributed by atoms with Crippen molar-refractivity contribution in [3.63, 3.8) is 0 Å². The zero-order chi connectivity index (χ0) is 12.7. The number of amides is 1. The highest BCUT2D eigenvalue weighted by molar-refractivity contribution is 7.99. The number of rotatable bonds is 6. The third kappa shape index (κ3) is 5.24. The maximum atomic E-state index is 11.6. The lowest BCUT2D eigenvalue weighted by atomic mass is 10.1. The van der Waals surface area contributed by atoms with Gasteiger partial charge in [-0.2, -0.15) is 11.8 Å². The van der Waals surface area contributed by atoms with Crippen molar-refractivity contribution in [3.05, 3.63) is 29.3 Å². The lowest BCUT2D eigenvalue weighted by Gasteiger charge is -2.07. The lowest BCUT2D eigenvalue weighted by molar-refractivity contribution is -0.113. The molecular formula is C13H20N2OS. The van der Waals surface area contributed by atoms with Crippen molar-refractivity contribution in [1.82, 2.24) is 0 Å². The Morgan fingerprint density at radius 2 is 2.12 bits per heavy atom. The number of hydrogen-bond donors (Lipinski definition) is 2. The Kier molecular flexibility index (Phi) is 6.08. The lowest BCUT2D eigenvalue weighted by Crippen LogP contribution is -2.14. The Hall–Kier alpha value is -1.00. The summed E-state index contributed by atoms with van der Waals surface area (Å²) in [7, 11) is 0. The van der Waals surface area contributed by atoms with E-state index in [1.807, 2.05) is 25.1 Å². The zero-order valence-corrected chi connectivity index (χ0v) is 11.3. The zero-order valence-electron chi connectivity index (χ0n) is 10.5. The predicted octanol–water partition coefficient (Wildman–Crippen LogP) is 2.32. The Morgan fingerprint density at radius 1 is 1.35 bits per heavy atom. The summed E-state index contributed by atoms with van der Waals surface area (Å²) in [6, 6.07) is 5.95. The molecule has 3 N–H and O–H groups in total. The fraction of sp³-hybridized carbons (Fsp3) is 0.462. The standard InChI is InChI=1S/C13H20N2OS/c1-10-4-5-12(8-11(10)2)15-13(16)9-17-7-3-6-14/h4-5,8H,3,6-7,9,14H2,1-2H3,(H,15,16). The second-order valence-electron chi connectivity index (χ2n) is 4.04. The van der Waals surface area contributed by atoms with Gasteiger partial charge in [-0.25, -0.2) is 0 Å². The van der Waals surface area contributed by atoms with Gasteiger partial charge in [0.15, 0.2) is 0 Å². The first-order valence-corrected chi connectivity index (χ1v) is 6.94. The van der Waals surface area contributed by atoms with Crippen molar-refractivity contribution in [1.29, 1.82) is 0 Å². The summed E-state index contributed by atoms with van der Waals surface area (Å²) >= 11 is 1.62. The Balaban J connectivity index is 2.37. The Labute approximate surface area is 107 Å². The first-order valence-electron chi connectivity index (χ1n) is 5.78. The van der Waals surface area contributed by atoms with E-state index in [0.717, 1.165) is 17.9 Å². The number of hydrogen-bond acceptors (Lipinski definition) is 3. The molecule has 1 aromatic rings. The second-order valence-corrected chi connectivity index (χ2v) is 5.15. The van der Waals surface area contributed by atoms with Crippen LogP contribution in [0.3, 0.4) is 0 Å². The van der Waals surface area contributed by atoms with Crippen LogP contribution in [0.4, 0.5) is 5.69 Å². The fourth-order valence-corrected chi connectivity index (χ4v) is 2.14. The molecule has 4 heteroatoms. The number of thioether (sulfide) groups is 1. The molecule has 0 spiro atoms. The van der Waals surface area contributed by atoms with Crippen molar-refractivity contribution in [2.24, 2.45) is 5.73 Å². The van der Waals surface area contributed by atoms with Gasteiger partial charge in [0.2, 0.25) is 5.91 Å². The SMILES string of the molecule is Cc1ccc(NC(=O)CSCCCN)cc1C. The minimum absolute atomic E-state index is 0.0512. The maximum absolute atomic E-state index is 11.6. The van der Waals surface area contributed by atoms with E-state index in [0.29, 0.717) is 12.3 Å². The van der Waals surface area contributed by atoms with Gasteiger partial charge in [-0.15, -0.1) is 0 Å². The summed E-state index contributed by atoms with van der Waals surface area (Å²) in [5.41, 5.74) is 8.69. The molecule has 0 aliphatic heterocycles. The van der Waals surface area contributed by atoms with Crippen LogP contribution in [-0.4, -0.2) is 24.0 Å². The normalized spacial score (nSPS) is 10.3. The molecule has 0 unspecified atom stereocenters. The van der Waals surface area contributed by atoms with E-state index in [2.05, 4.69) is 12.2 Å². The van der Waals surface area contributed by atoms with Gasteiger partial charge < -0.3 is 11.1 Å². The summed E-state index contributed by atoms with van der Waals surface area (Å²) in [6.07, 6.45) is 0.960. The first kappa shape index (κ1) is 14.1. The molecule has 0 radical (unpaired) electrons. The van der Waals surface area contributed by atoms with Crippen LogP contribution >= 0.6 is 11.8 Å². The summed E-state index contributed by atoms with van der Waals surface area (Å²) in [5, 5.41) is 2.90. The highest BCUT2D eigenvalue weighted by atomic mass is 32.2. The van der Waals surface area contributed by atoms with Gasteiger partial charge in [0.25, 0.3) is 0 Å². The minimum atomic E-state index is 0.0512. The van der Waals surface area contributed by atoms with Crippen LogP contribution in [0.1, 0.15) is 17.5 Å². The highest BCUT2D eigenvalue weighted by Crippen LogP contribution is 2.14. The van der Waals surface area contributed by atoms with Crippen LogP contribution in [0.25, 0.3) is 0 Å². The molecule has 3 nitrogen and oxygen atoms in total. The van der Waals surface area contributed by atoms with Crippen molar-refractivity contribution < 1.29 is 4.79 Å². The van der Waals surface area contributed by atoms with Gasteiger partial charge >= 0.3 is 0 Å². The molecule has 0 fully saturated rings. The average molecular weight is 252 g/mol. The number of carbonyl (C=O) groups excluding carboxylic acids is 1. The molecule has 0 heterocycles. The quantitative estimate of drug-likeness (QED) is 0.764. The predicted molar refractivity (Wildman–Crippen MR) is 75.5 cm³/mol. The number of carbonyl (C=O) groups is 1. The van der Waals surface area contributed by atoms with Crippen molar-refractivity contribution in [2.45, 2.75) is 20.3 Å². The molecule has 17 heavy (non-hydrogen) atoms. The van der Waals surface area contributed by atoms with Crippen LogP contribution in [0.5, 0.6) is 0 Å². The van der Waals surface area contributed by atoms with Crippen LogP contribution in [0, 0.1) is 13.8 Å². The average Bonchev–Trinajstić information content (AvgIpc) is 2.30. The molecule has 1 rings (SSSR count).